The molecule has 0 aromatic rings. The van der Waals surface area contributed by atoms with Gasteiger partial charge < -0.3 is 5.32 Å². The van der Waals surface area contributed by atoms with Crippen LogP contribution < -0.4 is 5.32 Å². The second kappa shape index (κ2) is 7.26. The van der Waals surface area contributed by atoms with Crippen LogP contribution in [0.3, 0.4) is 0 Å². The second-order valence-electron chi connectivity index (χ2n) is 7.94. The maximum Gasteiger partial charge on any atom is 0.00673 e. The molecule has 4 unspecified atom stereocenters. The third-order valence-electron chi connectivity index (χ3n) is 5.72. The van der Waals surface area contributed by atoms with E-state index in [2.05, 4.69) is 37.9 Å². The first-order valence-corrected chi connectivity index (χ1v) is 8.99. The minimum atomic E-state index is 0.541. The van der Waals surface area contributed by atoms with Crippen molar-refractivity contribution in [3.63, 3.8) is 0 Å². The first-order valence-electron chi connectivity index (χ1n) is 8.99. The topological polar surface area (TPSA) is 15.3 Å². The lowest BCUT2D eigenvalue weighted by molar-refractivity contribution is 0.0334. The molecule has 20 heavy (non-hydrogen) atoms. The zero-order valence-corrected chi connectivity index (χ0v) is 14.3. The van der Waals surface area contributed by atoms with E-state index >= 15 is 0 Å². The lowest BCUT2D eigenvalue weighted by Gasteiger charge is -2.47. The minimum absolute atomic E-state index is 0.541. The van der Waals surface area contributed by atoms with Crippen molar-refractivity contribution in [2.24, 2.45) is 17.3 Å². The van der Waals surface area contributed by atoms with Crippen LogP contribution in [0.25, 0.3) is 0 Å². The lowest BCUT2D eigenvalue weighted by atomic mass is 9.69. The second-order valence-corrected chi connectivity index (χ2v) is 7.94. The van der Waals surface area contributed by atoms with Crippen molar-refractivity contribution in [2.45, 2.75) is 72.3 Å². The highest BCUT2D eigenvalue weighted by atomic mass is 15.2. The molecule has 118 valence electrons. The largest absolute Gasteiger partial charge is 0.316 e. The Hall–Kier alpha value is -0.0800. The Morgan fingerprint density at radius 3 is 2.60 bits per heavy atom. The van der Waals surface area contributed by atoms with E-state index in [1.807, 2.05) is 0 Å². The Kier molecular flexibility index (Phi) is 5.92. The van der Waals surface area contributed by atoms with Gasteiger partial charge in [-0.2, -0.15) is 0 Å². The first kappa shape index (κ1) is 16.3. The maximum absolute atomic E-state index is 3.67. The van der Waals surface area contributed by atoms with Gasteiger partial charge >= 0.3 is 0 Å². The fraction of sp³-hybridized carbons (Fsp3) is 1.00. The van der Waals surface area contributed by atoms with Gasteiger partial charge in [0, 0.05) is 25.7 Å². The van der Waals surface area contributed by atoms with Gasteiger partial charge in [0.2, 0.25) is 0 Å². The van der Waals surface area contributed by atoms with Gasteiger partial charge in [0.15, 0.2) is 0 Å². The van der Waals surface area contributed by atoms with E-state index in [-0.39, 0.29) is 0 Å². The summed E-state index contributed by atoms with van der Waals surface area (Å²) < 4.78 is 0. The van der Waals surface area contributed by atoms with Crippen molar-refractivity contribution in [1.29, 1.82) is 0 Å². The average molecular weight is 280 g/mol. The van der Waals surface area contributed by atoms with Crippen LogP contribution in [0.2, 0.25) is 0 Å². The summed E-state index contributed by atoms with van der Waals surface area (Å²) in [5.74, 6) is 1.81. The fourth-order valence-corrected chi connectivity index (χ4v) is 4.55. The van der Waals surface area contributed by atoms with Crippen LogP contribution in [-0.2, 0) is 0 Å². The van der Waals surface area contributed by atoms with E-state index in [1.165, 1.54) is 58.2 Å². The van der Waals surface area contributed by atoms with Crippen molar-refractivity contribution in [1.82, 2.24) is 10.2 Å². The predicted molar refractivity (Wildman–Crippen MR) is 88.0 cm³/mol. The van der Waals surface area contributed by atoms with Crippen LogP contribution in [0.5, 0.6) is 0 Å². The van der Waals surface area contributed by atoms with E-state index in [9.17, 15) is 0 Å². The van der Waals surface area contributed by atoms with Crippen molar-refractivity contribution < 1.29 is 0 Å². The maximum atomic E-state index is 3.67. The molecule has 1 aliphatic heterocycles. The summed E-state index contributed by atoms with van der Waals surface area (Å²) >= 11 is 0. The molecule has 1 aliphatic carbocycles. The molecule has 0 spiro atoms. The normalized spacial score (nSPS) is 39.9. The van der Waals surface area contributed by atoms with Gasteiger partial charge in [0.1, 0.15) is 0 Å². The molecule has 0 bridgehead atoms. The van der Waals surface area contributed by atoms with Gasteiger partial charge in [-0.25, -0.2) is 0 Å². The quantitative estimate of drug-likeness (QED) is 0.821. The summed E-state index contributed by atoms with van der Waals surface area (Å²) in [6.07, 6.45) is 8.56. The Bertz CT molecular complexity index is 291. The van der Waals surface area contributed by atoms with Crippen molar-refractivity contribution >= 4 is 0 Å². The molecule has 4 atom stereocenters. The molecule has 2 rings (SSSR count). The Morgan fingerprint density at radius 1 is 1.10 bits per heavy atom. The summed E-state index contributed by atoms with van der Waals surface area (Å²) in [6.45, 7) is 14.6. The van der Waals surface area contributed by atoms with Crippen molar-refractivity contribution in [3.8, 4) is 0 Å². The third-order valence-corrected chi connectivity index (χ3v) is 5.72. The van der Waals surface area contributed by atoms with E-state index in [1.54, 1.807) is 0 Å². The molecule has 1 saturated heterocycles. The summed E-state index contributed by atoms with van der Waals surface area (Å²) in [4.78, 5) is 2.81. The molecular formula is C18H36N2. The predicted octanol–water partition coefficient (Wildman–Crippen LogP) is 3.91. The number of nitrogens with one attached hydrogen (secondary N) is 1. The average Bonchev–Trinajstić information content (AvgIpc) is 2.41. The van der Waals surface area contributed by atoms with Crippen LogP contribution in [0.4, 0.5) is 0 Å². The van der Waals surface area contributed by atoms with Gasteiger partial charge in [-0.05, 0) is 56.4 Å². The zero-order valence-electron chi connectivity index (χ0n) is 14.3. The fourth-order valence-electron chi connectivity index (χ4n) is 4.55. The minimum Gasteiger partial charge on any atom is -0.316 e. The van der Waals surface area contributed by atoms with Crippen LogP contribution in [0.15, 0.2) is 0 Å². The molecule has 1 saturated carbocycles. The van der Waals surface area contributed by atoms with Gasteiger partial charge in [-0.3, -0.25) is 4.90 Å². The zero-order chi connectivity index (χ0) is 14.6. The summed E-state index contributed by atoms with van der Waals surface area (Å²) in [5, 5.41) is 3.67. The Labute approximate surface area is 126 Å². The summed E-state index contributed by atoms with van der Waals surface area (Å²) in [5.41, 5.74) is 0.541. The van der Waals surface area contributed by atoms with E-state index in [0.717, 1.165) is 24.4 Å². The van der Waals surface area contributed by atoms with Crippen LogP contribution in [0, 0.1) is 17.3 Å². The smallest absolute Gasteiger partial charge is 0.00673 e. The molecule has 0 aromatic carbocycles. The van der Waals surface area contributed by atoms with E-state index in [0.29, 0.717) is 5.41 Å². The van der Waals surface area contributed by atoms with E-state index < -0.39 is 0 Å². The monoisotopic (exact) mass is 280 g/mol. The van der Waals surface area contributed by atoms with Gasteiger partial charge in [-0.1, -0.05) is 33.6 Å². The molecule has 2 aliphatic rings. The standard InChI is InChI=1S/C18H36N2/c1-5-19-13-18(10-6-7-15(2)11-18)14-20-12-16(3)8-9-17(20)4/h15-17,19H,5-14H2,1-4H3. The number of piperidine rings is 1. The summed E-state index contributed by atoms with van der Waals surface area (Å²) in [6, 6.07) is 0.793. The molecule has 0 radical (unpaired) electrons. The van der Waals surface area contributed by atoms with Crippen molar-refractivity contribution in [2.75, 3.05) is 26.2 Å². The molecule has 1 heterocycles. The molecule has 2 fully saturated rings. The van der Waals surface area contributed by atoms with Gasteiger partial charge in [-0.15, -0.1) is 0 Å². The molecular weight excluding hydrogens is 244 g/mol. The van der Waals surface area contributed by atoms with Crippen LogP contribution >= 0.6 is 0 Å². The molecule has 2 heteroatoms. The molecule has 1 N–H and O–H groups in total. The summed E-state index contributed by atoms with van der Waals surface area (Å²) in [7, 11) is 0. The molecule has 0 aromatic heterocycles. The molecule has 2 nitrogen and oxygen atoms in total. The number of likely N-dealkylation sites (tertiary alicyclic amines) is 1. The Morgan fingerprint density at radius 2 is 1.90 bits per heavy atom. The highest BCUT2D eigenvalue weighted by Crippen LogP contribution is 2.40. The highest BCUT2D eigenvalue weighted by molar-refractivity contribution is 4.92. The SMILES string of the molecule is CCNCC1(CN2CC(C)CCC2C)CCCC(C)C1. The number of hydrogen-bond donors (Lipinski definition) is 1. The van der Waals surface area contributed by atoms with Crippen molar-refractivity contribution in [3.05, 3.63) is 0 Å². The lowest BCUT2D eigenvalue weighted by Crippen LogP contribution is -2.51. The number of hydrogen-bond acceptors (Lipinski definition) is 2. The highest BCUT2D eigenvalue weighted by Gasteiger charge is 2.38. The molecule has 0 amide bonds. The van der Waals surface area contributed by atoms with Gasteiger partial charge in [0.25, 0.3) is 0 Å². The Balaban J connectivity index is 2.02. The number of rotatable bonds is 5. The van der Waals surface area contributed by atoms with Crippen LogP contribution in [-0.4, -0.2) is 37.1 Å². The van der Waals surface area contributed by atoms with Gasteiger partial charge in [0.05, 0.1) is 0 Å². The first-order chi connectivity index (χ1) is 9.54. The third kappa shape index (κ3) is 4.21. The van der Waals surface area contributed by atoms with E-state index in [4.69, 9.17) is 0 Å². The number of nitrogens with zero attached hydrogens (tertiary/aromatic N) is 1. The van der Waals surface area contributed by atoms with Crippen LogP contribution in [0.1, 0.15) is 66.2 Å².